The summed E-state index contributed by atoms with van der Waals surface area (Å²) in [4.78, 5) is 13.6. The van der Waals surface area contributed by atoms with Crippen molar-refractivity contribution in [2.75, 3.05) is 6.07 Å². The number of aromatic nitrogens is 2. The average Bonchev–Trinajstić information content (AvgIpc) is 2.47. The second kappa shape index (κ2) is 4.39. The zero-order valence-electron chi connectivity index (χ0n) is 7.81. The van der Waals surface area contributed by atoms with Crippen LogP contribution in [0.5, 0.6) is 0 Å². The van der Waals surface area contributed by atoms with Crippen LogP contribution in [0.15, 0.2) is 6.20 Å². The summed E-state index contributed by atoms with van der Waals surface area (Å²) in [6.45, 7) is 1.75. The van der Waals surface area contributed by atoms with Crippen LogP contribution < -0.4 is 0 Å². The molecule has 6 nitrogen and oxygen atoms in total. The lowest BCUT2D eigenvalue weighted by atomic mass is 10.3. The van der Waals surface area contributed by atoms with E-state index in [1.165, 1.54) is 10.8 Å². The molecular weight excluding hydrogens is 210 g/mol. The molecule has 0 aliphatic carbocycles. The summed E-state index contributed by atoms with van der Waals surface area (Å²) in [6.07, 6.45) is 1.11. The minimum Gasteiger partial charge on any atom is -0.390 e. The normalized spacial score (nSPS) is 12.8. The van der Waals surface area contributed by atoms with Gasteiger partial charge in [0.15, 0.2) is 0 Å². The van der Waals surface area contributed by atoms with Crippen LogP contribution in [-0.2, 0) is 11.8 Å². The first kappa shape index (κ1) is 10.9. The van der Waals surface area contributed by atoms with E-state index in [2.05, 4.69) is 4.98 Å². The van der Waals surface area contributed by atoms with E-state index >= 15 is 0 Å². The Kier molecular flexibility index (Phi) is 3.43. The molecule has 0 fully saturated rings. The molecule has 0 aliphatic rings. The third kappa shape index (κ3) is 2.02. The molecule has 0 amide bonds. The van der Waals surface area contributed by atoms with Crippen LogP contribution in [0.25, 0.3) is 0 Å². The highest BCUT2D eigenvalue weighted by molar-refractivity contribution is 6.17. The summed E-state index contributed by atoms with van der Waals surface area (Å²) in [5.41, 5.74) is 0.623. The second-order valence-corrected chi connectivity index (χ2v) is 2.94. The van der Waals surface area contributed by atoms with E-state index in [9.17, 15) is 10.1 Å². The fourth-order valence-electron chi connectivity index (χ4n) is 1.14. The maximum absolute atomic E-state index is 10.5. The summed E-state index contributed by atoms with van der Waals surface area (Å²) < 4.78 is 6.46. The average molecular weight is 220 g/mol. The molecule has 1 aromatic rings. The number of imidazole rings is 1. The molecule has 0 saturated carbocycles. The van der Waals surface area contributed by atoms with Crippen molar-refractivity contribution < 1.29 is 9.66 Å². The molecule has 0 radical (unpaired) electrons. The minimum absolute atomic E-state index is 0.0418. The lowest BCUT2D eigenvalue weighted by Crippen LogP contribution is -2.06. The van der Waals surface area contributed by atoms with Gasteiger partial charge in [-0.3, -0.25) is 0 Å². The van der Waals surface area contributed by atoms with E-state index in [0.29, 0.717) is 5.69 Å². The van der Waals surface area contributed by atoms with E-state index in [1.54, 1.807) is 14.0 Å². The second-order valence-electron chi connectivity index (χ2n) is 2.72. The molecule has 0 saturated heterocycles. The third-order valence-electron chi connectivity index (χ3n) is 1.89. The smallest absolute Gasteiger partial charge is 0.390 e. The molecule has 0 bridgehead atoms. The minimum atomic E-state index is -0.545. The van der Waals surface area contributed by atoms with Crippen LogP contribution in [0.4, 0.5) is 5.95 Å². The quantitative estimate of drug-likeness (QED) is 0.438. The van der Waals surface area contributed by atoms with Gasteiger partial charge >= 0.3 is 5.95 Å². The van der Waals surface area contributed by atoms with E-state index in [1.807, 2.05) is 0 Å². The van der Waals surface area contributed by atoms with Gasteiger partial charge in [0, 0.05) is 0 Å². The summed E-state index contributed by atoms with van der Waals surface area (Å²) in [7, 11) is 1.56. The van der Waals surface area contributed by atoms with Gasteiger partial charge in [0.2, 0.25) is 0 Å². The van der Waals surface area contributed by atoms with Crippen LogP contribution >= 0.6 is 11.6 Å². The molecule has 0 N–H and O–H groups in total. The maximum Gasteiger partial charge on any atom is 0.434 e. The number of alkyl halides is 1. The largest absolute Gasteiger partial charge is 0.434 e. The molecule has 1 atom stereocenters. The Hall–Kier alpha value is -1.14. The molecule has 0 spiro atoms. The number of hydrogen-bond donors (Lipinski definition) is 0. The van der Waals surface area contributed by atoms with Gasteiger partial charge < -0.3 is 14.9 Å². The molecule has 78 valence electrons. The van der Waals surface area contributed by atoms with Gasteiger partial charge in [-0.2, -0.15) is 0 Å². The fourth-order valence-corrected chi connectivity index (χ4v) is 1.33. The van der Waals surface area contributed by atoms with Crippen molar-refractivity contribution >= 4 is 17.5 Å². The fraction of sp³-hybridized carbons (Fsp3) is 0.571. The molecule has 1 heterocycles. The standard InChI is InChI=1S/C7H10ClN3O3/c1-5(14-4-8)6-3-9-7(10(6)2)11(12)13/h3,5H,4H2,1-2H3. The topological polar surface area (TPSA) is 70.2 Å². The van der Waals surface area contributed by atoms with Gasteiger partial charge in [0.1, 0.15) is 24.1 Å². The van der Waals surface area contributed by atoms with Crippen molar-refractivity contribution in [1.29, 1.82) is 0 Å². The number of ether oxygens (including phenoxy) is 1. The van der Waals surface area contributed by atoms with Crippen molar-refractivity contribution in [2.45, 2.75) is 13.0 Å². The number of nitro groups is 1. The Morgan fingerprint density at radius 2 is 2.50 bits per heavy atom. The monoisotopic (exact) mass is 219 g/mol. The Labute approximate surface area is 85.6 Å². The van der Waals surface area contributed by atoms with Gasteiger partial charge in [0.05, 0.1) is 7.05 Å². The first-order valence-electron chi connectivity index (χ1n) is 3.91. The first-order valence-corrected chi connectivity index (χ1v) is 4.45. The molecule has 1 unspecified atom stereocenters. The van der Waals surface area contributed by atoms with E-state index < -0.39 is 4.92 Å². The predicted octanol–water partition coefficient (Wildman–Crippen LogP) is 1.60. The third-order valence-corrected chi connectivity index (χ3v) is 2.02. The van der Waals surface area contributed by atoms with Crippen LogP contribution in [0.3, 0.4) is 0 Å². The van der Waals surface area contributed by atoms with Crippen molar-refractivity contribution in [3.63, 3.8) is 0 Å². The van der Waals surface area contributed by atoms with E-state index in [-0.39, 0.29) is 18.1 Å². The van der Waals surface area contributed by atoms with Crippen molar-refractivity contribution in [3.05, 3.63) is 22.0 Å². The molecule has 14 heavy (non-hydrogen) atoms. The van der Waals surface area contributed by atoms with Gasteiger partial charge in [-0.15, -0.1) is 0 Å². The SMILES string of the molecule is CC(OCCl)c1cnc([N+](=O)[O-])n1C. The Balaban J connectivity index is 2.94. The Morgan fingerprint density at radius 1 is 1.86 bits per heavy atom. The number of hydrogen-bond acceptors (Lipinski definition) is 4. The van der Waals surface area contributed by atoms with Crippen molar-refractivity contribution in [3.8, 4) is 0 Å². The molecule has 0 aromatic carbocycles. The number of nitrogens with zero attached hydrogens (tertiary/aromatic N) is 3. The molecule has 1 aromatic heterocycles. The van der Waals surface area contributed by atoms with Gasteiger partial charge in [-0.1, -0.05) is 16.6 Å². The highest BCUT2D eigenvalue weighted by atomic mass is 35.5. The first-order chi connectivity index (χ1) is 6.57. The van der Waals surface area contributed by atoms with Crippen LogP contribution in [0, 0.1) is 10.1 Å². The van der Waals surface area contributed by atoms with Gasteiger partial charge in [-0.25, -0.2) is 4.57 Å². The van der Waals surface area contributed by atoms with Crippen molar-refractivity contribution in [2.24, 2.45) is 7.05 Å². The zero-order chi connectivity index (χ0) is 10.7. The van der Waals surface area contributed by atoms with E-state index in [0.717, 1.165) is 0 Å². The number of rotatable bonds is 4. The lowest BCUT2D eigenvalue weighted by Gasteiger charge is -2.07. The molecular formula is C7H10ClN3O3. The Bertz CT molecular complexity index is 339. The molecule has 1 rings (SSSR count). The molecule has 7 heteroatoms. The summed E-state index contributed by atoms with van der Waals surface area (Å²) in [6, 6.07) is 0.0418. The van der Waals surface area contributed by atoms with Gasteiger partial charge in [0.25, 0.3) is 0 Å². The summed E-state index contributed by atoms with van der Waals surface area (Å²) in [5, 5.41) is 10.5. The van der Waals surface area contributed by atoms with E-state index in [4.69, 9.17) is 16.3 Å². The lowest BCUT2D eigenvalue weighted by molar-refractivity contribution is -0.396. The maximum atomic E-state index is 10.5. The van der Waals surface area contributed by atoms with Crippen LogP contribution in [0.1, 0.15) is 18.7 Å². The summed E-state index contributed by atoms with van der Waals surface area (Å²) >= 11 is 5.38. The highest BCUT2D eigenvalue weighted by Crippen LogP contribution is 2.20. The van der Waals surface area contributed by atoms with Crippen LogP contribution in [-0.4, -0.2) is 20.5 Å². The number of halogens is 1. The van der Waals surface area contributed by atoms with Gasteiger partial charge in [-0.05, 0) is 11.8 Å². The Morgan fingerprint density at radius 3 is 2.93 bits per heavy atom. The van der Waals surface area contributed by atoms with Crippen LogP contribution in [0.2, 0.25) is 0 Å². The van der Waals surface area contributed by atoms with Crippen molar-refractivity contribution in [1.82, 2.24) is 9.55 Å². The summed E-state index contributed by atoms with van der Waals surface area (Å²) in [5.74, 6) is -0.204. The highest BCUT2D eigenvalue weighted by Gasteiger charge is 2.21. The zero-order valence-corrected chi connectivity index (χ0v) is 8.56. The predicted molar refractivity (Wildman–Crippen MR) is 50.1 cm³/mol. The molecule has 0 aliphatic heterocycles.